The number of fused-ring (bicyclic) bond motifs is 1. The summed E-state index contributed by atoms with van der Waals surface area (Å²) in [4.78, 5) is 15.3. The van der Waals surface area contributed by atoms with Crippen molar-refractivity contribution in [2.45, 2.75) is 0 Å². The van der Waals surface area contributed by atoms with Crippen molar-refractivity contribution >= 4 is 21.6 Å². The zero-order valence-corrected chi connectivity index (χ0v) is 9.52. The Kier molecular flexibility index (Phi) is 2.19. The summed E-state index contributed by atoms with van der Waals surface area (Å²) in [6.07, 6.45) is 3.02. The average molecular weight is 244 g/mol. The molecule has 17 heavy (non-hydrogen) atoms. The predicted octanol–water partition coefficient (Wildman–Crippen LogP) is 2.15. The largest absolute Gasteiger partial charge is 0.503 e. The second kappa shape index (κ2) is 3.71. The van der Waals surface area contributed by atoms with E-state index in [4.69, 9.17) is 0 Å². The molecule has 0 radical (unpaired) electrons. The lowest BCUT2D eigenvalue weighted by Gasteiger charge is -2.06. The van der Waals surface area contributed by atoms with Gasteiger partial charge in [0.1, 0.15) is 0 Å². The number of benzene rings is 1. The maximum absolute atomic E-state index is 11.1. The lowest BCUT2D eigenvalue weighted by Crippen LogP contribution is -2.03. The molecule has 0 fully saturated rings. The number of hydrogen-bond acceptors (Lipinski definition) is 4. The van der Waals surface area contributed by atoms with Crippen LogP contribution in [0.5, 0.6) is 5.75 Å². The lowest BCUT2D eigenvalue weighted by atomic mass is 10.3. The van der Waals surface area contributed by atoms with Gasteiger partial charge < -0.3 is 9.67 Å². The first-order chi connectivity index (χ1) is 8.24. The van der Waals surface area contributed by atoms with E-state index in [1.807, 2.05) is 18.2 Å². The summed E-state index contributed by atoms with van der Waals surface area (Å²) in [5, 5.41) is 9.39. The zero-order chi connectivity index (χ0) is 11.8. The highest BCUT2D eigenvalue weighted by molar-refractivity contribution is 7.16. The van der Waals surface area contributed by atoms with Crippen LogP contribution in [0.2, 0.25) is 0 Å². The van der Waals surface area contributed by atoms with Crippen molar-refractivity contribution in [3.63, 3.8) is 0 Å². The molecular formula is C12H8N2O2S. The summed E-state index contributed by atoms with van der Waals surface area (Å²) in [6, 6.07) is 7.14. The topological polar surface area (TPSA) is 55.1 Å². The maximum Gasteiger partial charge on any atom is 0.223 e. The molecule has 3 aromatic rings. The molecule has 1 aromatic carbocycles. The number of rotatable bonds is 1. The Bertz CT molecular complexity index is 745. The van der Waals surface area contributed by atoms with Crippen molar-refractivity contribution in [3.8, 4) is 11.4 Å². The third kappa shape index (κ3) is 1.70. The van der Waals surface area contributed by atoms with E-state index < -0.39 is 0 Å². The van der Waals surface area contributed by atoms with Crippen LogP contribution in [-0.2, 0) is 0 Å². The second-order valence-corrected chi connectivity index (χ2v) is 4.49. The molecule has 84 valence electrons. The van der Waals surface area contributed by atoms with E-state index in [9.17, 15) is 9.90 Å². The van der Waals surface area contributed by atoms with E-state index in [0.717, 1.165) is 15.9 Å². The number of aromatic nitrogens is 2. The van der Waals surface area contributed by atoms with Gasteiger partial charge in [0.2, 0.25) is 5.43 Å². The molecule has 1 N–H and O–H groups in total. The molecule has 0 aliphatic rings. The van der Waals surface area contributed by atoms with Crippen LogP contribution in [-0.4, -0.2) is 14.7 Å². The van der Waals surface area contributed by atoms with Crippen LogP contribution in [0.15, 0.2) is 47.0 Å². The quantitative estimate of drug-likeness (QED) is 0.713. The van der Waals surface area contributed by atoms with Crippen LogP contribution >= 0.6 is 11.3 Å². The molecule has 0 atom stereocenters. The summed E-state index contributed by atoms with van der Waals surface area (Å²) in [6.45, 7) is 0. The fourth-order valence-corrected chi connectivity index (χ4v) is 2.30. The third-order valence-electron chi connectivity index (χ3n) is 2.51. The SMILES string of the molecule is O=c1ccn(-c2ccc3scnc3c2)cc1O. The molecule has 0 bridgehead atoms. The summed E-state index contributed by atoms with van der Waals surface area (Å²) >= 11 is 1.58. The Morgan fingerprint density at radius 2 is 2.18 bits per heavy atom. The highest BCUT2D eigenvalue weighted by atomic mass is 32.1. The van der Waals surface area contributed by atoms with Crippen LogP contribution in [0, 0.1) is 0 Å². The molecule has 0 spiro atoms. The standard InChI is InChI=1S/C12H8N2O2S/c15-10-3-4-14(6-11(10)16)8-1-2-12-9(5-8)13-7-17-12/h1-7,16H. The van der Waals surface area contributed by atoms with Crippen molar-refractivity contribution in [2.75, 3.05) is 0 Å². The number of hydrogen-bond donors (Lipinski definition) is 1. The summed E-state index contributed by atoms with van der Waals surface area (Å²) in [7, 11) is 0. The van der Waals surface area contributed by atoms with Crippen LogP contribution in [0.1, 0.15) is 0 Å². The molecule has 0 aliphatic heterocycles. The first-order valence-electron chi connectivity index (χ1n) is 4.99. The molecule has 3 rings (SSSR count). The second-order valence-electron chi connectivity index (χ2n) is 3.61. The number of thiazole rings is 1. The van der Waals surface area contributed by atoms with Crippen LogP contribution in [0.4, 0.5) is 0 Å². The van der Waals surface area contributed by atoms with Crippen LogP contribution < -0.4 is 5.43 Å². The van der Waals surface area contributed by atoms with Gasteiger partial charge in [-0.15, -0.1) is 11.3 Å². The van der Waals surface area contributed by atoms with E-state index in [2.05, 4.69) is 4.98 Å². The minimum absolute atomic E-state index is 0.258. The third-order valence-corrected chi connectivity index (χ3v) is 3.32. The van der Waals surface area contributed by atoms with Gasteiger partial charge in [0.05, 0.1) is 21.9 Å². The fourth-order valence-electron chi connectivity index (χ4n) is 1.64. The number of pyridine rings is 1. The fraction of sp³-hybridized carbons (Fsp3) is 0. The molecular weight excluding hydrogens is 236 g/mol. The molecule has 0 saturated heterocycles. The van der Waals surface area contributed by atoms with E-state index in [1.54, 1.807) is 27.6 Å². The predicted molar refractivity (Wildman–Crippen MR) is 66.9 cm³/mol. The van der Waals surface area contributed by atoms with Gasteiger partial charge in [0.25, 0.3) is 0 Å². The first-order valence-corrected chi connectivity index (χ1v) is 5.87. The Morgan fingerprint density at radius 3 is 3.00 bits per heavy atom. The normalized spacial score (nSPS) is 10.8. The van der Waals surface area contributed by atoms with Crippen molar-refractivity contribution in [3.05, 3.63) is 52.4 Å². The number of nitrogens with zero attached hydrogens (tertiary/aromatic N) is 2. The Morgan fingerprint density at radius 1 is 1.29 bits per heavy atom. The van der Waals surface area contributed by atoms with E-state index >= 15 is 0 Å². The monoisotopic (exact) mass is 244 g/mol. The highest BCUT2D eigenvalue weighted by Gasteiger charge is 2.02. The summed E-state index contributed by atoms with van der Waals surface area (Å²) < 4.78 is 2.80. The molecule has 0 saturated carbocycles. The average Bonchev–Trinajstić information content (AvgIpc) is 2.79. The maximum atomic E-state index is 11.1. The Labute approximate surface area is 100 Å². The van der Waals surface area contributed by atoms with Gasteiger partial charge >= 0.3 is 0 Å². The zero-order valence-electron chi connectivity index (χ0n) is 8.70. The van der Waals surface area contributed by atoms with Crippen molar-refractivity contribution < 1.29 is 5.11 Å². The minimum atomic E-state index is -0.379. The van der Waals surface area contributed by atoms with Crippen molar-refractivity contribution in [1.29, 1.82) is 0 Å². The molecule has 0 unspecified atom stereocenters. The van der Waals surface area contributed by atoms with Crippen molar-refractivity contribution in [1.82, 2.24) is 9.55 Å². The Hall–Kier alpha value is -2.14. The molecule has 5 heteroatoms. The highest BCUT2D eigenvalue weighted by Crippen LogP contribution is 2.21. The van der Waals surface area contributed by atoms with Crippen LogP contribution in [0.25, 0.3) is 15.9 Å². The summed E-state index contributed by atoms with van der Waals surface area (Å²) in [5.41, 5.74) is 3.18. The minimum Gasteiger partial charge on any atom is -0.503 e. The number of aromatic hydroxyl groups is 1. The van der Waals surface area contributed by atoms with Gasteiger partial charge in [-0.1, -0.05) is 0 Å². The molecule has 0 amide bonds. The Balaban J connectivity index is 2.19. The van der Waals surface area contributed by atoms with E-state index in [0.29, 0.717) is 0 Å². The smallest absolute Gasteiger partial charge is 0.223 e. The van der Waals surface area contributed by atoms with Gasteiger partial charge in [-0.05, 0) is 18.2 Å². The first kappa shape index (κ1) is 10.0. The summed E-state index contributed by atoms with van der Waals surface area (Å²) in [5.74, 6) is -0.258. The van der Waals surface area contributed by atoms with E-state index in [1.165, 1.54) is 12.3 Å². The van der Waals surface area contributed by atoms with Crippen LogP contribution in [0.3, 0.4) is 0 Å². The van der Waals surface area contributed by atoms with Crippen molar-refractivity contribution in [2.24, 2.45) is 0 Å². The molecule has 2 heterocycles. The van der Waals surface area contributed by atoms with E-state index in [-0.39, 0.29) is 11.2 Å². The van der Waals surface area contributed by atoms with Gasteiger partial charge in [0, 0.05) is 18.0 Å². The van der Waals surface area contributed by atoms with Gasteiger partial charge in [-0.25, -0.2) is 4.98 Å². The lowest BCUT2D eigenvalue weighted by molar-refractivity contribution is 0.465. The van der Waals surface area contributed by atoms with Gasteiger partial charge in [-0.3, -0.25) is 4.79 Å². The van der Waals surface area contributed by atoms with Gasteiger partial charge in [-0.2, -0.15) is 0 Å². The molecule has 0 aliphatic carbocycles. The molecule has 4 nitrogen and oxygen atoms in total. The van der Waals surface area contributed by atoms with Gasteiger partial charge in [0.15, 0.2) is 5.75 Å². The molecule has 2 aromatic heterocycles.